The highest BCUT2D eigenvalue weighted by Gasteiger charge is 2.27. The van der Waals surface area contributed by atoms with Crippen molar-refractivity contribution in [3.63, 3.8) is 0 Å². The molecule has 2 N–H and O–H groups in total. The number of carbonyl (C=O) groups is 3. The summed E-state index contributed by atoms with van der Waals surface area (Å²) >= 11 is 6.48. The second kappa shape index (κ2) is 15.0. The Morgan fingerprint density at radius 2 is 1.35 bits per heavy atom. The Morgan fingerprint density at radius 3 is 2.00 bits per heavy atom. The number of hydrogen-bond donors (Lipinski definition) is 2. The minimum absolute atomic E-state index is 0.0140. The predicted molar refractivity (Wildman–Crippen MR) is 195 cm³/mol. The molecule has 268 valence electrons. The highest BCUT2D eigenvalue weighted by Crippen LogP contribution is 2.36. The van der Waals surface area contributed by atoms with Crippen LogP contribution in [0.4, 0.5) is 16.2 Å². The maximum absolute atomic E-state index is 12.2. The van der Waals surface area contributed by atoms with Crippen molar-refractivity contribution in [2.24, 2.45) is 0 Å². The average Bonchev–Trinajstić information content (AvgIpc) is 3.75. The van der Waals surface area contributed by atoms with Gasteiger partial charge in [0.1, 0.15) is 16.8 Å². The van der Waals surface area contributed by atoms with Gasteiger partial charge in [0, 0.05) is 81.4 Å². The lowest BCUT2D eigenvalue weighted by Crippen LogP contribution is -2.50. The highest BCUT2D eigenvalue weighted by molar-refractivity contribution is 6.38. The van der Waals surface area contributed by atoms with Crippen molar-refractivity contribution in [2.75, 3.05) is 62.2 Å². The van der Waals surface area contributed by atoms with Crippen LogP contribution in [0.2, 0.25) is 5.02 Å². The summed E-state index contributed by atoms with van der Waals surface area (Å²) in [6, 6.07) is 22.9. The summed E-state index contributed by atoms with van der Waals surface area (Å²) in [7, 11) is 0. The van der Waals surface area contributed by atoms with Crippen LogP contribution < -0.4 is 9.80 Å². The number of ether oxygens (including phenoxy) is 1. The first-order chi connectivity index (χ1) is 24.3. The molecule has 1 amide bonds. The zero-order valence-corrected chi connectivity index (χ0v) is 29.6. The van der Waals surface area contributed by atoms with Crippen LogP contribution in [0.5, 0.6) is 0 Å². The summed E-state index contributed by atoms with van der Waals surface area (Å²) in [5.41, 5.74) is 3.78. The fourth-order valence-corrected chi connectivity index (χ4v) is 6.54. The molecule has 12 nitrogen and oxygen atoms in total. The van der Waals surface area contributed by atoms with E-state index in [1.54, 1.807) is 17.0 Å². The highest BCUT2D eigenvalue weighted by atomic mass is 35.5. The number of carboxylic acids is 2. The molecule has 2 aliphatic rings. The number of furan rings is 2. The van der Waals surface area contributed by atoms with E-state index in [0.29, 0.717) is 47.8 Å². The van der Waals surface area contributed by atoms with Crippen molar-refractivity contribution in [1.29, 1.82) is 0 Å². The molecule has 2 saturated heterocycles. The monoisotopic (exact) mass is 716 g/mol. The number of halogens is 1. The van der Waals surface area contributed by atoms with Crippen LogP contribution in [0.15, 0.2) is 81.6 Å². The number of hydrogen-bond acceptors (Lipinski definition) is 9. The van der Waals surface area contributed by atoms with Crippen LogP contribution in [0.1, 0.15) is 47.4 Å². The molecule has 51 heavy (non-hydrogen) atoms. The van der Waals surface area contributed by atoms with Gasteiger partial charge in [-0.25, -0.2) is 14.4 Å². The van der Waals surface area contributed by atoms with E-state index < -0.39 is 17.5 Å². The molecule has 0 bridgehead atoms. The second-order valence-corrected chi connectivity index (χ2v) is 13.9. The average molecular weight is 717 g/mol. The van der Waals surface area contributed by atoms with Gasteiger partial charge in [-0.15, -0.1) is 0 Å². The molecule has 0 radical (unpaired) electrons. The van der Waals surface area contributed by atoms with Gasteiger partial charge in [-0.2, -0.15) is 0 Å². The predicted octanol–water partition coefficient (Wildman–Crippen LogP) is 7.29. The number of amides is 1. The molecule has 3 aromatic carbocycles. The van der Waals surface area contributed by atoms with E-state index in [1.165, 1.54) is 11.6 Å². The number of carbonyl (C=O) groups excluding carboxylic acids is 1. The molecule has 4 heterocycles. The smallest absolute Gasteiger partial charge is 0.410 e. The molecule has 7 rings (SSSR count). The number of carboxylic acid groups (broad SMARTS) is 2. The number of fused-ring (bicyclic) bond motifs is 2. The van der Waals surface area contributed by atoms with E-state index in [2.05, 4.69) is 39.0 Å². The van der Waals surface area contributed by atoms with Crippen LogP contribution in [0, 0.1) is 0 Å². The molecule has 0 unspecified atom stereocenters. The van der Waals surface area contributed by atoms with Gasteiger partial charge in [0.15, 0.2) is 0 Å². The van der Waals surface area contributed by atoms with Gasteiger partial charge in [-0.1, -0.05) is 41.9 Å². The molecule has 2 fully saturated rings. The van der Waals surface area contributed by atoms with Crippen LogP contribution >= 0.6 is 11.6 Å². The minimum Gasteiger partial charge on any atom is -0.475 e. The van der Waals surface area contributed by atoms with Crippen LogP contribution in [0.25, 0.3) is 21.9 Å². The molecule has 5 aromatic rings. The fraction of sp³-hybridized carbons (Fsp3) is 0.342. The first-order valence-electron chi connectivity index (χ1n) is 16.8. The largest absolute Gasteiger partial charge is 0.475 e. The van der Waals surface area contributed by atoms with Crippen LogP contribution in [-0.4, -0.2) is 96.0 Å². The van der Waals surface area contributed by atoms with E-state index in [9.17, 15) is 14.4 Å². The topological polar surface area (TPSA) is 140 Å². The fourth-order valence-electron chi connectivity index (χ4n) is 6.21. The Balaban J connectivity index is 0.000000176. The summed E-state index contributed by atoms with van der Waals surface area (Å²) in [5.74, 6) is -2.33. The Hall–Kier alpha value is -5.20. The minimum atomic E-state index is -1.13. The quantitative estimate of drug-likeness (QED) is 0.183. The van der Waals surface area contributed by atoms with Gasteiger partial charge >= 0.3 is 18.0 Å². The summed E-state index contributed by atoms with van der Waals surface area (Å²) in [5, 5.41) is 20.0. The molecular formula is C38H41ClN4O8. The molecule has 2 aliphatic heterocycles. The van der Waals surface area contributed by atoms with Crippen LogP contribution in [-0.2, 0) is 11.3 Å². The van der Waals surface area contributed by atoms with Crippen molar-refractivity contribution in [3.8, 4) is 0 Å². The van der Waals surface area contributed by atoms with Gasteiger partial charge in [-0.3, -0.25) is 4.90 Å². The van der Waals surface area contributed by atoms with Gasteiger partial charge in [-0.05, 0) is 62.7 Å². The Labute approximate surface area is 300 Å². The van der Waals surface area contributed by atoms with Crippen molar-refractivity contribution >= 4 is 62.9 Å². The summed E-state index contributed by atoms with van der Waals surface area (Å²) < 4.78 is 16.0. The Morgan fingerprint density at radius 1 is 0.745 bits per heavy atom. The molecule has 0 saturated carbocycles. The van der Waals surface area contributed by atoms with E-state index in [-0.39, 0.29) is 17.6 Å². The molecule has 0 atom stereocenters. The summed E-state index contributed by atoms with van der Waals surface area (Å²) in [4.78, 5) is 42.8. The molecular weight excluding hydrogens is 676 g/mol. The van der Waals surface area contributed by atoms with Gasteiger partial charge in [0.2, 0.25) is 11.5 Å². The lowest BCUT2D eigenvalue weighted by atomic mass is 10.1. The third kappa shape index (κ3) is 8.58. The van der Waals surface area contributed by atoms with Crippen molar-refractivity contribution in [3.05, 3.63) is 94.9 Å². The van der Waals surface area contributed by atoms with E-state index in [1.807, 2.05) is 51.1 Å². The van der Waals surface area contributed by atoms with Crippen molar-refractivity contribution in [1.82, 2.24) is 9.80 Å². The summed E-state index contributed by atoms with van der Waals surface area (Å²) in [6.07, 6.45) is -0.320. The number of rotatable bonds is 6. The lowest BCUT2D eigenvalue weighted by molar-refractivity contribution is 0.0240. The molecule has 0 aliphatic carbocycles. The number of nitrogens with zero attached hydrogens (tertiary/aromatic N) is 4. The number of piperazine rings is 2. The van der Waals surface area contributed by atoms with Crippen molar-refractivity contribution in [2.45, 2.75) is 32.9 Å². The molecule has 0 spiro atoms. The normalized spacial score (nSPS) is 15.5. The van der Waals surface area contributed by atoms with E-state index in [4.69, 9.17) is 35.4 Å². The second-order valence-electron chi connectivity index (χ2n) is 13.6. The number of benzene rings is 3. The Kier molecular flexibility index (Phi) is 10.4. The third-order valence-electron chi connectivity index (χ3n) is 8.79. The van der Waals surface area contributed by atoms with Gasteiger partial charge in [0.05, 0.1) is 10.7 Å². The van der Waals surface area contributed by atoms with E-state index in [0.717, 1.165) is 49.5 Å². The van der Waals surface area contributed by atoms with E-state index >= 15 is 0 Å². The lowest BCUT2D eigenvalue weighted by Gasteiger charge is -2.37. The Bertz CT molecular complexity index is 2020. The zero-order chi connectivity index (χ0) is 36.3. The standard InChI is InChI=1S/C20H20N2O3.C18H21ClN2O5/c23-20(24)19-13-16-12-17(6-7-18(16)25-19)22-10-8-21(9-11-22)14-15-4-2-1-3-5-15;1-18(2,3)26-17(24)21-8-6-20(7-9-21)12-4-5-13-11(15(12)19)10-14(25-13)16(22)23/h1-7,12-13H,8-11,14H2,(H,23,24);4-5,10H,6-9H2,1-3H3,(H,22,23). The third-order valence-corrected chi connectivity index (χ3v) is 9.19. The SMILES string of the molecule is CC(C)(C)OC(=O)N1CCN(c2ccc3oc(C(=O)O)cc3c2Cl)CC1.O=C(O)c1cc2cc(N3CCN(Cc4ccccc4)CC3)ccc2o1. The van der Waals surface area contributed by atoms with Gasteiger partial charge < -0.3 is 38.5 Å². The van der Waals surface area contributed by atoms with Crippen molar-refractivity contribution < 1.29 is 38.2 Å². The molecule has 2 aromatic heterocycles. The summed E-state index contributed by atoms with van der Waals surface area (Å²) in [6.45, 7) is 12.7. The van der Waals surface area contributed by atoms with Crippen LogP contribution in [0.3, 0.4) is 0 Å². The van der Waals surface area contributed by atoms with Gasteiger partial charge in [0.25, 0.3) is 0 Å². The zero-order valence-electron chi connectivity index (χ0n) is 28.8. The molecule has 13 heteroatoms. The number of anilines is 2. The maximum atomic E-state index is 12.2. The maximum Gasteiger partial charge on any atom is 0.410 e. The first kappa shape index (κ1) is 35.6. The first-order valence-corrected chi connectivity index (χ1v) is 17.2. The number of aromatic carboxylic acids is 2.